The standard InChI is InChI=1S/C14H14ClNO2S/c1-8-7-10(3-4-11(8)17)14(18)16-9(2)12-5-6-13(15)19-12/h3-7,9,17H,1-2H3,(H,16,18). The molecule has 1 amide bonds. The molecule has 2 N–H and O–H groups in total. The Balaban J connectivity index is 2.10. The van der Waals surface area contributed by atoms with Crippen molar-refractivity contribution in [2.45, 2.75) is 19.9 Å². The van der Waals surface area contributed by atoms with Crippen molar-refractivity contribution in [2.24, 2.45) is 0 Å². The van der Waals surface area contributed by atoms with Crippen molar-refractivity contribution in [3.05, 3.63) is 50.7 Å². The number of carbonyl (C=O) groups is 1. The molecule has 19 heavy (non-hydrogen) atoms. The maximum atomic E-state index is 12.1. The van der Waals surface area contributed by atoms with Gasteiger partial charge in [0.15, 0.2) is 0 Å². The molecule has 0 aliphatic rings. The van der Waals surface area contributed by atoms with Gasteiger partial charge in [-0.1, -0.05) is 11.6 Å². The zero-order chi connectivity index (χ0) is 14.0. The Morgan fingerprint density at radius 3 is 2.68 bits per heavy atom. The van der Waals surface area contributed by atoms with Crippen LogP contribution in [0.15, 0.2) is 30.3 Å². The molecule has 2 aromatic rings. The lowest BCUT2D eigenvalue weighted by atomic mass is 10.1. The van der Waals surface area contributed by atoms with Gasteiger partial charge in [-0.2, -0.15) is 0 Å². The number of nitrogens with one attached hydrogen (secondary N) is 1. The number of thiophene rings is 1. The minimum atomic E-state index is -0.167. The largest absolute Gasteiger partial charge is 0.508 e. The van der Waals surface area contributed by atoms with Crippen LogP contribution in [0.5, 0.6) is 5.75 Å². The van der Waals surface area contributed by atoms with Crippen molar-refractivity contribution < 1.29 is 9.90 Å². The molecule has 2 rings (SSSR count). The van der Waals surface area contributed by atoms with Crippen LogP contribution in [0, 0.1) is 6.92 Å². The van der Waals surface area contributed by atoms with E-state index >= 15 is 0 Å². The predicted octanol–water partition coefficient (Wildman–Crippen LogP) is 3.91. The molecule has 1 aromatic carbocycles. The molecule has 1 aromatic heterocycles. The van der Waals surface area contributed by atoms with Gasteiger partial charge < -0.3 is 10.4 Å². The summed E-state index contributed by atoms with van der Waals surface area (Å²) in [6, 6.07) is 8.41. The van der Waals surface area contributed by atoms with Gasteiger partial charge in [0, 0.05) is 10.4 Å². The van der Waals surface area contributed by atoms with Crippen LogP contribution in [0.4, 0.5) is 0 Å². The van der Waals surface area contributed by atoms with Crippen molar-refractivity contribution in [2.75, 3.05) is 0 Å². The Labute approximate surface area is 120 Å². The number of amides is 1. The zero-order valence-electron chi connectivity index (χ0n) is 10.6. The quantitative estimate of drug-likeness (QED) is 0.902. The summed E-state index contributed by atoms with van der Waals surface area (Å²) in [5.74, 6) is 0.0229. The molecule has 1 heterocycles. The lowest BCUT2D eigenvalue weighted by molar-refractivity contribution is 0.0940. The van der Waals surface area contributed by atoms with E-state index in [-0.39, 0.29) is 17.7 Å². The summed E-state index contributed by atoms with van der Waals surface area (Å²) in [5, 5.41) is 12.3. The van der Waals surface area contributed by atoms with Crippen molar-refractivity contribution >= 4 is 28.8 Å². The van der Waals surface area contributed by atoms with Gasteiger partial charge in [-0.15, -0.1) is 11.3 Å². The van der Waals surface area contributed by atoms with E-state index in [4.69, 9.17) is 11.6 Å². The number of aryl methyl sites for hydroxylation is 1. The van der Waals surface area contributed by atoms with Crippen LogP contribution in [0.1, 0.15) is 33.8 Å². The predicted molar refractivity (Wildman–Crippen MR) is 78.1 cm³/mol. The average molecular weight is 296 g/mol. The Hall–Kier alpha value is -1.52. The highest BCUT2D eigenvalue weighted by Crippen LogP contribution is 2.27. The lowest BCUT2D eigenvalue weighted by Crippen LogP contribution is -2.26. The Bertz CT molecular complexity index is 609. The van der Waals surface area contributed by atoms with E-state index in [2.05, 4.69) is 5.32 Å². The molecule has 3 nitrogen and oxygen atoms in total. The van der Waals surface area contributed by atoms with Crippen LogP contribution in [-0.4, -0.2) is 11.0 Å². The van der Waals surface area contributed by atoms with E-state index in [9.17, 15) is 9.90 Å². The first-order valence-electron chi connectivity index (χ1n) is 5.83. The fourth-order valence-corrected chi connectivity index (χ4v) is 2.77. The molecule has 0 bridgehead atoms. The smallest absolute Gasteiger partial charge is 0.251 e. The highest BCUT2D eigenvalue weighted by molar-refractivity contribution is 7.16. The number of halogens is 1. The number of hydrogen-bond acceptors (Lipinski definition) is 3. The molecule has 0 saturated heterocycles. The van der Waals surface area contributed by atoms with Crippen LogP contribution in [0.3, 0.4) is 0 Å². The van der Waals surface area contributed by atoms with Gasteiger partial charge in [0.25, 0.3) is 5.91 Å². The Morgan fingerprint density at radius 1 is 1.37 bits per heavy atom. The van der Waals surface area contributed by atoms with E-state index in [1.165, 1.54) is 17.4 Å². The molecule has 1 atom stereocenters. The van der Waals surface area contributed by atoms with Gasteiger partial charge in [-0.05, 0) is 49.7 Å². The van der Waals surface area contributed by atoms with Crippen molar-refractivity contribution in [3.8, 4) is 5.75 Å². The molecule has 0 fully saturated rings. The number of phenolic OH excluding ortho intramolecular Hbond substituents is 1. The molecule has 1 unspecified atom stereocenters. The molecular weight excluding hydrogens is 282 g/mol. The second kappa shape index (κ2) is 5.63. The third-order valence-corrected chi connectivity index (χ3v) is 4.24. The number of benzene rings is 1. The number of carbonyl (C=O) groups excluding carboxylic acids is 1. The number of rotatable bonds is 3. The first-order chi connectivity index (χ1) is 8.97. The number of aromatic hydroxyl groups is 1. The van der Waals surface area contributed by atoms with E-state index < -0.39 is 0 Å². The molecule has 5 heteroatoms. The highest BCUT2D eigenvalue weighted by atomic mass is 35.5. The fraction of sp³-hybridized carbons (Fsp3) is 0.214. The van der Waals surface area contributed by atoms with Gasteiger partial charge >= 0.3 is 0 Å². The summed E-state index contributed by atoms with van der Waals surface area (Å²) in [6.45, 7) is 3.67. The molecule has 0 radical (unpaired) electrons. The fourth-order valence-electron chi connectivity index (χ4n) is 1.71. The normalized spacial score (nSPS) is 12.2. The summed E-state index contributed by atoms with van der Waals surface area (Å²) in [7, 11) is 0. The second-order valence-corrected chi connectivity index (χ2v) is 6.08. The second-order valence-electron chi connectivity index (χ2n) is 4.34. The summed E-state index contributed by atoms with van der Waals surface area (Å²) >= 11 is 7.32. The Kier molecular flexibility index (Phi) is 4.12. The van der Waals surface area contributed by atoms with Gasteiger partial charge in [0.2, 0.25) is 0 Å². The third kappa shape index (κ3) is 3.28. The maximum absolute atomic E-state index is 12.1. The maximum Gasteiger partial charge on any atom is 0.251 e. The average Bonchev–Trinajstić information content (AvgIpc) is 2.79. The molecular formula is C14H14ClNO2S. The highest BCUT2D eigenvalue weighted by Gasteiger charge is 2.13. The zero-order valence-corrected chi connectivity index (χ0v) is 12.2. The van der Waals surface area contributed by atoms with Crippen LogP contribution < -0.4 is 5.32 Å². The molecule has 100 valence electrons. The molecule has 0 saturated carbocycles. The summed E-state index contributed by atoms with van der Waals surface area (Å²) in [6.07, 6.45) is 0. The minimum Gasteiger partial charge on any atom is -0.508 e. The van der Waals surface area contributed by atoms with Crippen molar-refractivity contribution in [1.82, 2.24) is 5.32 Å². The molecule has 0 aliphatic carbocycles. The van der Waals surface area contributed by atoms with E-state index in [0.717, 1.165) is 4.88 Å². The lowest BCUT2D eigenvalue weighted by Gasteiger charge is -2.12. The van der Waals surface area contributed by atoms with Gasteiger partial charge in [-0.3, -0.25) is 4.79 Å². The number of hydrogen-bond donors (Lipinski definition) is 2. The monoisotopic (exact) mass is 295 g/mol. The van der Waals surface area contributed by atoms with Gasteiger partial charge in [-0.25, -0.2) is 0 Å². The first-order valence-corrected chi connectivity index (χ1v) is 7.02. The minimum absolute atomic E-state index is 0.0980. The van der Waals surface area contributed by atoms with E-state index in [1.54, 1.807) is 19.1 Å². The topological polar surface area (TPSA) is 49.3 Å². The van der Waals surface area contributed by atoms with Gasteiger partial charge in [0.1, 0.15) is 5.75 Å². The first kappa shape index (κ1) is 13.9. The van der Waals surface area contributed by atoms with Crippen molar-refractivity contribution in [1.29, 1.82) is 0 Å². The van der Waals surface area contributed by atoms with Crippen LogP contribution >= 0.6 is 22.9 Å². The van der Waals surface area contributed by atoms with Crippen LogP contribution in [0.25, 0.3) is 0 Å². The Morgan fingerprint density at radius 2 is 2.11 bits per heavy atom. The summed E-state index contributed by atoms with van der Waals surface area (Å²) in [4.78, 5) is 13.1. The van der Waals surface area contributed by atoms with E-state index in [0.29, 0.717) is 15.5 Å². The molecule has 0 spiro atoms. The number of phenols is 1. The SMILES string of the molecule is Cc1cc(C(=O)NC(C)c2ccc(Cl)s2)ccc1O. The van der Waals surface area contributed by atoms with Crippen molar-refractivity contribution in [3.63, 3.8) is 0 Å². The molecule has 0 aliphatic heterocycles. The van der Waals surface area contributed by atoms with Crippen LogP contribution in [-0.2, 0) is 0 Å². The summed E-state index contributed by atoms with van der Waals surface area (Å²) in [5.41, 5.74) is 1.21. The van der Waals surface area contributed by atoms with Crippen LogP contribution in [0.2, 0.25) is 4.34 Å². The van der Waals surface area contributed by atoms with E-state index in [1.807, 2.05) is 19.1 Å². The van der Waals surface area contributed by atoms with Gasteiger partial charge in [0.05, 0.1) is 10.4 Å². The third-order valence-electron chi connectivity index (χ3n) is 2.83. The summed E-state index contributed by atoms with van der Waals surface area (Å²) < 4.78 is 0.705.